The topological polar surface area (TPSA) is 68.0 Å². The number of nitrogens with one attached hydrogen (secondary N) is 1. The molecule has 0 aliphatic heterocycles. The Morgan fingerprint density at radius 2 is 2.26 bits per heavy atom. The fraction of sp³-hybridized carbons (Fsp3) is 0.231. The van der Waals surface area contributed by atoms with E-state index < -0.39 is 0 Å². The molecule has 1 aromatic heterocycles. The molecule has 1 aromatic carbocycles. The fourth-order valence-electron chi connectivity index (χ4n) is 2.12. The van der Waals surface area contributed by atoms with Crippen molar-refractivity contribution in [2.45, 2.75) is 19.3 Å². The van der Waals surface area contributed by atoms with Crippen molar-refractivity contribution in [3.05, 3.63) is 39.4 Å². The number of aromatic nitrogens is 1. The average Bonchev–Trinajstić information content (AvgIpc) is 2.89. The van der Waals surface area contributed by atoms with Crippen molar-refractivity contribution in [1.82, 2.24) is 4.98 Å². The number of rotatable bonds is 2. The fourth-order valence-corrected chi connectivity index (χ4v) is 3.44. The first-order valence-electron chi connectivity index (χ1n) is 5.98. The third-order valence-corrected chi connectivity index (χ3v) is 4.44. The van der Waals surface area contributed by atoms with Gasteiger partial charge in [-0.05, 0) is 37.5 Å². The summed E-state index contributed by atoms with van der Waals surface area (Å²) in [6.45, 7) is 0. The second kappa shape index (κ2) is 4.83. The molecule has 2 aromatic rings. The van der Waals surface area contributed by atoms with E-state index in [4.69, 9.17) is 17.3 Å². The number of hydrogen-bond acceptors (Lipinski definition) is 4. The maximum Gasteiger partial charge on any atom is 0.258 e. The summed E-state index contributed by atoms with van der Waals surface area (Å²) >= 11 is 7.55. The van der Waals surface area contributed by atoms with E-state index in [0.717, 1.165) is 25.0 Å². The third kappa shape index (κ3) is 2.43. The van der Waals surface area contributed by atoms with E-state index in [2.05, 4.69) is 10.3 Å². The SMILES string of the molecule is Nc1ccc(C(=O)Nc2nc3c(s2)CCC3)c(Cl)c1. The van der Waals surface area contributed by atoms with E-state index in [1.54, 1.807) is 29.5 Å². The lowest BCUT2D eigenvalue weighted by Gasteiger charge is -2.04. The predicted molar refractivity (Wildman–Crippen MR) is 78.0 cm³/mol. The second-order valence-electron chi connectivity index (χ2n) is 4.44. The number of halogens is 1. The molecule has 4 nitrogen and oxygen atoms in total. The summed E-state index contributed by atoms with van der Waals surface area (Å²) in [6, 6.07) is 4.84. The number of carbonyl (C=O) groups excluding carboxylic acids is 1. The van der Waals surface area contributed by atoms with E-state index in [1.165, 1.54) is 4.88 Å². The average molecular weight is 294 g/mol. The minimum Gasteiger partial charge on any atom is -0.399 e. The molecule has 0 saturated heterocycles. The lowest BCUT2D eigenvalue weighted by molar-refractivity contribution is 0.102. The number of amides is 1. The van der Waals surface area contributed by atoms with Gasteiger partial charge in [-0.15, -0.1) is 11.3 Å². The first-order chi connectivity index (χ1) is 9.13. The Morgan fingerprint density at radius 1 is 1.42 bits per heavy atom. The Morgan fingerprint density at radius 3 is 3.00 bits per heavy atom. The molecule has 0 unspecified atom stereocenters. The van der Waals surface area contributed by atoms with Gasteiger partial charge in [0.15, 0.2) is 5.13 Å². The standard InChI is InChI=1S/C13H12ClN3OS/c14-9-6-7(15)4-5-8(9)12(18)17-13-16-10-2-1-3-11(10)19-13/h4-6H,1-3,15H2,(H,16,17,18). The predicted octanol–water partition coefficient (Wildman–Crippen LogP) is 3.12. The smallest absolute Gasteiger partial charge is 0.258 e. The number of benzene rings is 1. The summed E-state index contributed by atoms with van der Waals surface area (Å²) in [7, 11) is 0. The van der Waals surface area contributed by atoms with Crippen LogP contribution in [0.3, 0.4) is 0 Å². The Bertz CT molecular complexity index is 632. The summed E-state index contributed by atoms with van der Waals surface area (Å²) in [6.07, 6.45) is 3.22. The molecule has 0 radical (unpaired) electrons. The summed E-state index contributed by atoms with van der Waals surface area (Å²) in [4.78, 5) is 17.8. The lowest BCUT2D eigenvalue weighted by Crippen LogP contribution is -2.12. The number of aryl methyl sites for hydroxylation is 2. The lowest BCUT2D eigenvalue weighted by atomic mass is 10.2. The molecule has 1 aliphatic rings. The number of hydrogen-bond donors (Lipinski definition) is 2. The van der Waals surface area contributed by atoms with Gasteiger partial charge in [-0.25, -0.2) is 4.98 Å². The van der Waals surface area contributed by atoms with Gasteiger partial charge >= 0.3 is 0 Å². The van der Waals surface area contributed by atoms with Crippen LogP contribution in [0.5, 0.6) is 0 Å². The number of nitrogens with zero attached hydrogens (tertiary/aromatic N) is 1. The van der Waals surface area contributed by atoms with Gasteiger partial charge in [-0.1, -0.05) is 11.6 Å². The Hall–Kier alpha value is -1.59. The van der Waals surface area contributed by atoms with E-state index in [9.17, 15) is 4.79 Å². The molecule has 3 rings (SSSR count). The maximum absolute atomic E-state index is 12.1. The number of anilines is 2. The zero-order valence-electron chi connectivity index (χ0n) is 10.1. The highest BCUT2D eigenvalue weighted by Gasteiger charge is 2.18. The Labute approximate surface area is 119 Å². The minimum absolute atomic E-state index is 0.252. The molecule has 0 saturated carbocycles. The van der Waals surface area contributed by atoms with Crippen LogP contribution in [-0.2, 0) is 12.8 Å². The minimum atomic E-state index is -0.252. The Balaban J connectivity index is 1.80. The van der Waals surface area contributed by atoms with Crippen molar-refractivity contribution in [2.75, 3.05) is 11.1 Å². The molecule has 6 heteroatoms. The number of nitrogen functional groups attached to an aromatic ring is 1. The van der Waals surface area contributed by atoms with E-state index in [0.29, 0.717) is 21.4 Å². The molecule has 0 spiro atoms. The van der Waals surface area contributed by atoms with Crippen molar-refractivity contribution in [3.63, 3.8) is 0 Å². The van der Waals surface area contributed by atoms with Gasteiger partial charge in [0.2, 0.25) is 0 Å². The van der Waals surface area contributed by atoms with Gasteiger partial charge in [0.25, 0.3) is 5.91 Å². The second-order valence-corrected chi connectivity index (χ2v) is 5.93. The van der Waals surface area contributed by atoms with Crippen LogP contribution in [0.15, 0.2) is 18.2 Å². The highest BCUT2D eigenvalue weighted by atomic mass is 35.5. The van der Waals surface area contributed by atoms with Crippen molar-refractivity contribution in [3.8, 4) is 0 Å². The van der Waals surface area contributed by atoms with Gasteiger partial charge in [-0.3, -0.25) is 10.1 Å². The van der Waals surface area contributed by atoms with Crippen LogP contribution in [-0.4, -0.2) is 10.9 Å². The molecule has 1 aliphatic carbocycles. The van der Waals surface area contributed by atoms with Crippen molar-refractivity contribution >= 4 is 39.7 Å². The van der Waals surface area contributed by atoms with Crippen molar-refractivity contribution in [1.29, 1.82) is 0 Å². The maximum atomic E-state index is 12.1. The van der Waals surface area contributed by atoms with Crippen LogP contribution < -0.4 is 11.1 Å². The summed E-state index contributed by atoms with van der Waals surface area (Å²) in [5.41, 5.74) is 7.66. The zero-order chi connectivity index (χ0) is 13.4. The molecule has 98 valence electrons. The van der Waals surface area contributed by atoms with Gasteiger partial charge in [0.1, 0.15) is 0 Å². The quantitative estimate of drug-likeness (QED) is 0.836. The normalized spacial score (nSPS) is 13.3. The molecule has 19 heavy (non-hydrogen) atoms. The van der Waals surface area contributed by atoms with Gasteiger partial charge in [0, 0.05) is 10.6 Å². The van der Waals surface area contributed by atoms with Crippen molar-refractivity contribution in [2.24, 2.45) is 0 Å². The molecular weight excluding hydrogens is 282 g/mol. The Kier molecular flexibility index (Phi) is 3.16. The molecule has 1 amide bonds. The number of nitrogens with two attached hydrogens (primary N) is 1. The highest BCUT2D eigenvalue weighted by Crippen LogP contribution is 2.31. The summed E-state index contributed by atoms with van der Waals surface area (Å²) in [5, 5.41) is 3.78. The molecular formula is C13H12ClN3OS. The summed E-state index contributed by atoms with van der Waals surface area (Å²) in [5.74, 6) is -0.252. The zero-order valence-corrected chi connectivity index (χ0v) is 11.6. The first-order valence-corrected chi connectivity index (χ1v) is 7.18. The van der Waals surface area contributed by atoms with E-state index in [1.807, 2.05) is 0 Å². The van der Waals surface area contributed by atoms with Crippen LogP contribution in [0.25, 0.3) is 0 Å². The van der Waals surface area contributed by atoms with Crippen LogP contribution in [0, 0.1) is 0 Å². The van der Waals surface area contributed by atoms with Gasteiger partial charge in [0.05, 0.1) is 16.3 Å². The van der Waals surface area contributed by atoms with Crippen LogP contribution in [0.2, 0.25) is 5.02 Å². The highest BCUT2D eigenvalue weighted by molar-refractivity contribution is 7.16. The third-order valence-electron chi connectivity index (χ3n) is 3.05. The molecule has 0 atom stereocenters. The van der Waals surface area contributed by atoms with Gasteiger partial charge in [-0.2, -0.15) is 0 Å². The molecule has 0 bridgehead atoms. The largest absolute Gasteiger partial charge is 0.399 e. The summed E-state index contributed by atoms with van der Waals surface area (Å²) < 4.78 is 0. The van der Waals surface area contributed by atoms with Crippen molar-refractivity contribution < 1.29 is 4.79 Å². The van der Waals surface area contributed by atoms with Crippen LogP contribution in [0.1, 0.15) is 27.3 Å². The monoisotopic (exact) mass is 293 g/mol. The van der Waals surface area contributed by atoms with Crippen LogP contribution in [0.4, 0.5) is 10.8 Å². The number of fused-ring (bicyclic) bond motifs is 1. The van der Waals surface area contributed by atoms with Crippen LogP contribution >= 0.6 is 22.9 Å². The molecule has 1 heterocycles. The van der Waals surface area contributed by atoms with E-state index in [-0.39, 0.29) is 5.91 Å². The first kappa shape index (κ1) is 12.4. The molecule has 0 fully saturated rings. The number of thiazole rings is 1. The van der Waals surface area contributed by atoms with E-state index >= 15 is 0 Å². The van der Waals surface area contributed by atoms with Gasteiger partial charge < -0.3 is 5.73 Å². The molecule has 3 N–H and O–H groups in total. The number of carbonyl (C=O) groups is 1.